The zero-order valence-corrected chi connectivity index (χ0v) is 17.1. The molecule has 0 radical (unpaired) electrons. The second-order valence-electron chi connectivity index (χ2n) is 6.85. The molecule has 0 saturated carbocycles. The number of aryl methyl sites for hydroxylation is 1. The number of amides is 2. The minimum Gasteiger partial charge on any atom is -0.311 e. The highest BCUT2D eigenvalue weighted by molar-refractivity contribution is 7.14. The number of nitrogens with one attached hydrogen (secondary N) is 1. The molecule has 1 aliphatic rings. The van der Waals surface area contributed by atoms with Crippen LogP contribution in [0.1, 0.15) is 12.0 Å². The summed E-state index contributed by atoms with van der Waals surface area (Å²) in [6, 6.07) is 12.0. The Hall–Kier alpha value is -2.77. The fraction of sp³-hybridized carbons (Fsp3) is 0.190. The molecular formula is C21H17ClFN3O2S. The molecule has 5 nitrogen and oxygen atoms in total. The summed E-state index contributed by atoms with van der Waals surface area (Å²) in [6.45, 7) is 1.86. The minimum atomic E-state index is -0.528. The van der Waals surface area contributed by atoms with Crippen molar-refractivity contribution in [3.05, 3.63) is 64.2 Å². The molecule has 0 spiro atoms. The average Bonchev–Trinajstić information content (AvgIpc) is 3.31. The Kier molecular flexibility index (Phi) is 5.34. The van der Waals surface area contributed by atoms with E-state index in [0.717, 1.165) is 5.56 Å². The zero-order chi connectivity index (χ0) is 20.5. The van der Waals surface area contributed by atoms with Gasteiger partial charge in [0.2, 0.25) is 11.8 Å². The average molecular weight is 430 g/mol. The fourth-order valence-electron chi connectivity index (χ4n) is 3.21. The molecule has 1 N–H and O–H groups in total. The summed E-state index contributed by atoms with van der Waals surface area (Å²) >= 11 is 7.49. The number of thiazole rings is 1. The van der Waals surface area contributed by atoms with Gasteiger partial charge < -0.3 is 10.2 Å². The number of benzene rings is 2. The first-order valence-corrected chi connectivity index (χ1v) is 10.3. The summed E-state index contributed by atoms with van der Waals surface area (Å²) in [7, 11) is 0. The highest BCUT2D eigenvalue weighted by Gasteiger charge is 2.35. The molecule has 1 aromatic heterocycles. The van der Waals surface area contributed by atoms with Crippen molar-refractivity contribution in [1.29, 1.82) is 0 Å². The van der Waals surface area contributed by atoms with Crippen LogP contribution in [0.5, 0.6) is 0 Å². The fourth-order valence-corrected chi connectivity index (χ4v) is 4.16. The largest absolute Gasteiger partial charge is 0.311 e. The van der Waals surface area contributed by atoms with Crippen LogP contribution in [-0.2, 0) is 9.59 Å². The van der Waals surface area contributed by atoms with Crippen LogP contribution in [0.3, 0.4) is 0 Å². The SMILES string of the molecule is Cc1ccc(N2CC(C(=O)Nc3nc(-c4ccccc4Cl)cs3)CC2=O)cc1F. The highest BCUT2D eigenvalue weighted by atomic mass is 35.5. The first-order valence-electron chi connectivity index (χ1n) is 9.00. The van der Waals surface area contributed by atoms with Gasteiger partial charge in [0.15, 0.2) is 5.13 Å². The first kappa shape index (κ1) is 19.5. The molecule has 0 aliphatic carbocycles. The molecule has 1 fully saturated rings. The summed E-state index contributed by atoms with van der Waals surface area (Å²) in [6.07, 6.45) is 0.0735. The van der Waals surface area contributed by atoms with E-state index < -0.39 is 5.92 Å². The van der Waals surface area contributed by atoms with Gasteiger partial charge in [-0.2, -0.15) is 0 Å². The second kappa shape index (κ2) is 7.93. The molecule has 148 valence electrons. The van der Waals surface area contributed by atoms with Gasteiger partial charge in [0, 0.05) is 34.6 Å². The molecule has 1 atom stereocenters. The van der Waals surface area contributed by atoms with Gasteiger partial charge in [0.25, 0.3) is 0 Å². The summed E-state index contributed by atoms with van der Waals surface area (Å²) in [5.74, 6) is -1.39. The predicted octanol–water partition coefficient (Wildman–Crippen LogP) is 4.90. The van der Waals surface area contributed by atoms with Crippen LogP contribution in [0, 0.1) is 18.7 Å². The Morgan fingerprint density at radius 2 is 2.10 bits per heavy atom. The van der Waals surface area contributed by atoms with Crippen molar-refractivity contribution >= 4 is 45.6 Å². The number of carbonyl (C=O) groups excluding carboxylic acids is 2. The number of halogens is 2. The van der Waals surface area contributed by atoms with Crippen LogP contribution in [0.15, 0.2) is 47.8 Å². The number of carbonyl (C=O) groups is 2. The normalized spacial score (nSPS) is 16.3. The molecule has 29 heavy (non-hydrogen) atoms. The van der Waals surface area contributed by atoms with Crippen molar-refractivity contribution in [3.63, 3.8) is 0 Å². The molecule has 1 aliphatic heterocycles. The van der Waals surface area contributed by atoms with E-state index in [-0.39, 0.29) is 30.6 Å². The number of aromatic nitrogens is 1. The lowest BCUT2D eigenvalue weighted by Gasteiger charge is -2.17. The van der Waals surface area contributed by atoms with E-state index in [4.69, 9.17) is 11.6 Å². The van der Waals surface area contributed by atoms with Crippen molar-refractivity contribution in [1.82, 2.24) is 4.98 Å². The van der Waals surface area contributed by atoms with E-state index in [1.54, 1.807) is 25.1 Å². The Labute approximate surface area is 176 Å². The van der Waals surface area contributed by atoms with Crippen molar-refractivity contribution in [2.45, 2.75) is 13.3 Å². The second-order valence-corrected chi connectivity index (χ2v) is 8.11. The third-order valence-corrected chi connectivity index (χ3v) is 5.93. The van der Waals surface area contributed by atoms with Crippen LogP contribution >= 0.6 is 22.9 Å². The van der Waals surface area contributed by atoms with Crippen LogP contribution in [-0.4, -0.2) is 23.3 Å². The van der Waals surface area contributed by atoms with E-state index in [1.807, 2.05) is 23.6 Å². The first-order chi connectivity index (χ1) is 13.9. The molecule has 2 aromatic carbocycles. The van der Waals surface area contributed by atoms with Gasteiger partial charge in [-0.25, -0.2) is 9.37 Å². The molecule has 1 unspecified atom stereocenters. The Morgan fingerprint density at radius 3 is 2.86 bits per heavy atom. The van der Waals surface area contributed by atoms with Gasteiger partial charge in [-0.05, 0) is 30.7 Å². The molecular weight excluding hydrogens is 413 g/mol. The van der Waals surface area contributed by atoms with Crippen molar-refractivity contribution < 1.29 is 14.0 Å². The van der Waals surface area contributed by atoms with Gasteiger partial charge in [-0.3, -0.25) is 9.59 Å². The van der Waals surface area contributed by atoms with Gasteiger partial charge in [0.05, 0.1) is 11.6 Å². The molecule has 4 rings (SSSR count). The predicted molar refractivity (Wildman–Crippen MR) is 113 cm³/mol. The molecule has 2 amide bonds. The maximum absolute atomic E-state index is 13.8. The van der Waals surface area contributed by atoms with Crippen LogP contribution in [0.25, 0.3) is 11.3 Å². The van der Waals surface area contributed by atoms with Crippen molar-refractivity contribution in [2.75, 3.05) is 16.8 Å². The number of hydrogen-bond acceptors (Lipinski definition) is 4. The Bertz CT molecular complexity index is 1100. The summed E-state index contributed by atoms with van der Waals surface area (Å²) in [5.41, 5.74) is 2.43. The minimum absolute atomic E-state index is 0.0735. The van der Waals surface area contributed by atoms with E-state index in [1.165, 1.54) is 22.3 Å². The lowest BCUT2D eigenvalue weighted by molar-refractivity contribution is -0.122. The smallest absolute Gasteiger partial charge is 0.231 e. The Balaban J connectivity index is 1.45. The number of hydrogen-bond donors (Lipinski definition) is 1. The van der Waals surface area contributed by atoms with E-state index in [0.29, 0.717) is 27.1 Å². The summed E-state index contributed by atoms with van der Waals surface area (Å²) in [4.78, 5) is 30.9. The topological polar surface area (TPSA) is 62.3 Å². The monoisotopic (exact) mass is 429 g/mol. The maximum atomic E-state index is 13.8. The Morgan fingerprint density at radius 1 is 1.31 bits per heavy atom. The lowest BCUT2D eigenvalue weighted by atomic mass is 10.1. The number of nitrogens with zero attached hydrogens (tertiary/aromatic N) is 2. The van der Waals surface area contributed by atoms with Gasteiger partial charge in [0.1, 0.15) is 5.82 Å². The molecule has 0 bridgehead atoms. The van der Waals surface area contributed by atoms with Crippen LogP contribution < -0.4 is 10.2 Å². The molecule has 3 aromatic rings. The third kappa shape index (κ3) is 4.02. The van der Waals surface area contributed by atoms with Crippen LogP contribution in [0.4, 0.5) is 15.2 Å². The van der Waals surface area contributed by atoms with E-state index in [9.17, 15) is 14.0 Å². The van der Waals surface area contributed by atoms with E-state index in [2.05, 4.69) is 10.3 Å². The van der Waals surface area contributed by atoms with Crippen LogP contribution in [0.2, 0.25) is 5.02 Å². The third-order valence-electron chi connectivity index (χ3n) is 4.85. The van der Waals surface area contributed by atoms with Gasteiger partial charge in [-0.15, -0.1) is 11.3 Å². The molecule has 1 saturated heterocycles. The molecule has 8 heteroatoms. The maximum Gasteiger partial charge on any atom is 0.231 e. The molecule has 2 heterocycles. The summed E-state index contributed by atoms with van der Waals surface area (Å²) < 4.78 is 13.8. The number of rotatable bonds is 4. The quantitative estimate of drug-likeness (QED) is 0.641. The number of anilines is 2. The van der Waals surface area contributed by atoms with Gasteiger partial charge >= 0.3 is 0 Å². The zero-order valence-electron chi connectivity index (χ0n) is 15.5. The standard InChI is InChI=1S/C21H17ClFN3O2S/c1-12-6-7-14(9-17(12)23)26-10-13(8-19(26)27)20(28)25-21-24-18(11-29-21)15-4-2-3-5-16(15)22/h2-7,9,11,13H,8,10H2,1H3,(H,24,25,28). The van der Waals surface area contributed by atoms with E-state index >= 15 is 0 Å². The van der Waals surface area contributed by atoms with Crippen molar-refractivity contribution in [3.8, 4) is 11.3 Å². The van der Waals surface area contributed by atoms with Gasteiger partial charge in [-0.1, -0.05) is 35.9 Å². The highest BCUT2D eigenvalue weighted by Crippen LogP contribution is 2.31. The lowest BCUT2D eigenvalue weighted by Crippen LogP contribution is -2.28. The summed E-state index contributed by atoms with van der Waals surface area (Å²) in [5, 5.41) is 5.62. The van der Waals surface area contributed by atoms with Crippen molar-refractivity contribution in [2.24, 2.45) is 5.92 Å².